The first-order valence-corrected chi connectivity index (χ1v) is 6.59. The van der Waals surface area contributed by atoms with Gasteiger partial charge >= 0.3 is 0 Å². The number of pyridine rings is 2. The summed E-state index contributed by atoms with van der Waals surface area (Å²) in [5, 5.41) is 8.75. The standard InChI is InChI=1S/C11H11N3O3S/c15-8-9-3-4-11(13-6-9)18(16,17)14-10-2-1-5-12-7-10/h1-7,14-15H,8H2. The Morgan fingerprint density at radius 3 is 2.61 bits per heavy atom. The number of nitrogens with zero attached hydrogens (tertiary/aromatic N) is 2. The van der Waals surface area contributed by atoms with Crippen molar-refractivity contribution in [3.05, 3.63) is 48.4 Å². The van der Waals surface area contributed by atoms with Crippen molar-refractivity contribution < 1.29 is 13.5 Å². The fourth-order valence-corrected chi connectivity index (χ4v) is 2.27. The van der Waals surface area contributed by atoms with E-state index in [0.717, 1.165) is 0 Å². The van der Waals surface area contributed by atoms with Crippen LogP contribution in [0.1, 0.15) is 5.56 Å². The average Bonchev–Trinajstić information content (AvgIpc) is 2.39. The Balaban J connectivity index is 2.25. The van der Waals surface area contributed by atoms with Gasteiger partial charge in [0.05, 0.1) is 18.5 Å². The second-order valence-electron chi connectivity index (χ2n) is 3.51. The molecule has 0 aliphatic carbocycles. The van der Waals surface area contributed by atoms with E-state index in [-0.39, 0.29) is 11.6 Å². The summed E-state index contributed by atoms with van der Waals surface area (Å²) >= 11 is 0. The lowest BCUT2D eigenvalue weighted by Gasteiger charge is -2.06. The number of sulfonamides is 1. The summed E-state index contributed by atoms with van der Waals surface area (Å²) in [5.41, 5.74) is 0.917. The first-order chi connectivity index (χ1) is 8.62. The van der Waals surface area contributed by atoms with Gasteiger partial charge in [0.25, 0.3) is 10.0 Å². The van der Waals surface area contributed by atoms with Crippen molar-refractivity contribution in [2.24, 2.45) is 0 Å². The fourth-order valence-electron chi connectivity index (χ4n) is 1.29. The van der Waals surface area contributed by atoms with Gasteiger partial charge in [0.1, 0.15) is 0 Å². The highest BCUT2D eigenvalue weighted by molar-refractivity contribution is 7.92. The first kappa shape index (κ1) is 12.5. The molecule has 0 bridgehead atoms. The largest absolute Gasteiger partial charge is 0.392 e. The van der Waals surface area contributed by atoms with E-state index in [1.165, 1.54) is 24.5 Å². The molecule has 0 radical (unpaired) electrons. The summed E-state index contributed by atoms with van der Waals surface area (Å²) in [6.07, 6.45) is 4.27. The molecule has 0 aliphatic rings. The molecule has 0 unspecified atom stereocenters. The van der Waals surface area contributed by atoms with Crippen molar-refractivity contribution >= 4 is 15.7 Å². The number of hydrogen-bond acceptors (Lipinski definition) is 5. The molecule has 7 heteroatoms. The average molecular weight is 265 g/mol. The zero-order valence-corrected chi connectivity index (χ0v) is 10.1. The number of anilines is 1. The van der Waals surface area contributed by atoms with Crippen LogP contribution < -0.4 is 4.72 Å². The summed E-state index contributed by atoms with van der Waals surface area (Å²) in [6.45, 7) is -0.177. The monoisotopic (exact) mass is 265 g/mol. The Bertz CT molecular complexity index is 612. The lowest BCUT2D eigenvalue weighted by Crippen LogP contribution is -2.14. The van der Waals surface area contributed by atoms with Crippen molar-refractivity contribution in [2.45, 2.75) is 11.6 Å². The Morgan fingerprint density at radius 1 is 1.22 bits per heavy atom. The van der Waals surface area contributed by atoms with Crippen molar-refractivity contribution in [3.63, 3.8) is 0 Å². The van der Waals surface area contributed by atoms with E-state index in [1.807, 2.05) is 0 Å². The molecule has 0 aliphatic heterocycles. The van der Waals surface area contributed by atoms with Crippen molar-refractivity contribution in [2.75, 3.05) is 4.72 Å². The lowest BCUT2D eigenvalue weighted by atomic mass is 10.3. The predicted molar refractivity (Wildman–Crippen MR) is 65.2 cm³/mol. The fraction of sp³-hybridized carbons (Fsp3) is 0.0909. The van der Waals surface area contributed by atoms with Crippen LogP contribution in [0.3, 0.4) is 0 Å². The van der Waals surface area contributed by atoms with E-state index in [2.05, 4.69) is 14.7 Å². The van der Waals surface area contributed by atoms with Crippen LogP contribution >= 0.6 is 0 Å². The number of rotatable bonds is 4. The van der Waals surface area contributed by atoms with Crippen LogP contribution in [0.25, 0.3) is 0 Å². The molecule has 0 amide bonds. The maximum Gasteiger partial charge on any atom is 0.279 e. The maximum absolute atomic E-state index is 11.9. The molecule has 2 aromatic heterocycles. The lowest BCUT2D eigenvalue weighted by molar-refractivity contribution is 0.281. The Morgan fingerprint density at radius 2 is 2.06 bits per heavy atom. The van der Waals surface area contributed by atoms with E-state index in [4.69, 9.17) is 5.11 Å². The van der Waals surface area contributed by atoms with E-state index >= 15 is 0 Å². The minimum absolute atomic E-state index is 0.108. The van der Waals surface area contributed by atoms with Crippen LogP contribution in [0.15, 0.2) is 47.9 Å². The second kappa shape index (κ2) is 5.11. The zero-order valence-electron chi connectivity index (χ0n) is 9.31. The van der Waals surface area contributed by atoms with Gasteiger partial charge in [0, 0.05) is 12.4 Å². The molecule has 2 aromatic rings. The third-order valence-electron chi connectivity index (χ3n) is 2.17. The predicted octanol–water partition coefficient (Wildman–Crippen LogP) is 0.770. The van der Waals surface area contributed by atoms with Gasteiger partial charge in [0.15, 0.2) is 5.03 Å². The number of aromatic nitrogens is 2. The van der Waals surface area contributed by atoms with Gasteiger partial charge in [-0.05, 0) is 23.8 Å². The molecule has 2 rings (SSSR count). The minimum atomic E-state index is -3.72. The molecule has 0 atom stereocenters. The van der Waals surface area contributed by atoms with Crippen LogP contribution in [0.2, 0.25) is 0 Å². The molecule has 2 N–H and O–H groups in total. The van der Waals surface area contributed by atoms with Crippen molar-refractivity contribution in [3.8, 4) is 0 Å². The number of aliphatic hydroxyl groups excluding tert-OH is 1. The molecule has 0 aromatic carbocycles. The van der Waals surface area contributed by atoms with E-state index in [9.17, 15) is 8.42 Å². The van der Waals surface area contributed by atoms with Crippen LogP contribution in [-0.4, -0.2) is 23.5 Å². The van der Waals surface area contributed by atoms with Crippen molar-refractivity contribution in [1.29, 1.82) is 0 Å². The van der Waals surface area contributed by atoms with Gasteiger partial charge in [0.2, 0.25) is 0 Å². The van der Waals surface area contributed by atoms with Crippen LogP contribution in [0.4, 0.5) is 5.69 Å². The number of hydrogen-bond donors (Lipinski definition) is 2. The molecular formula is C11H11N3O3S. The SMILES string of the molecule is O=S(=O)(Nc1cccnc1)c1ccc(CO)cn1. The molecule has 94 valence electrons. The zero-order chi connectivity index (χ0) is 13.0. The summed E-state index contributed by atoms with van der Waals surface area (Å²) in [5.74, 6) is 0. The third-order valence-corrected chi connectivity index (χ3v) is 3.47. The Kier molecular flexibility index (Phi) is 3.54. The van der Waals surface area contributed by atoms with Gasteiger partial charge in [-0.25, -0.2) is 4.98 Å². The summed E-state index contributed by atoms with van der Waals surface area (Å²) in [6, 6.07) is 6.06. The Hall–Kier alpha value is -1.99. The second-order valence-corrected chi connectivity index (χ2v) is 5.14. The molecular weight excluding hydrogens is 254 g/mol. The first-order valence-electron chi connectivity index (χ1n) is 5.10. The quantitative estimate of drug-likeness (QED) is 0.851. The van der Waals surface area contributed by atoms with Crippen molar-refractivity contribution in [1.82, 2.24) is 9.97 Å². The van der Waals surface area contributed by atoms with Gasteiger partial charge in [-0.2, -0.15) is 8.42 Å². The molecule has 6 nitrogen and oxygen atoms in total. The van der Waals surface area contributed by atoms with E-state index < -0.39 is 10.0 Å². The van der Waals surface area contributed by atoms with Gasteiger partial charge in [-0.15, -0.1) is 0 Å². The molecule has 0 spiro atoms. The third kappa shape index (κ3) is 2.82. The van der Waals surface area contributed by atoms with Crippen LogP contribution in [0.5, 0.6) is 0 Å². The molecule has 0 fully saturated rings. The summed E-state index contributed by atoms with van der Waals surface area (Å²) in [7, 11) is -3.72. The van der Waals surface area contributed by atoms with Crippen LogP contribution in [0, 0.1) is 0 Å². The number of aliphatic hydroxyl groups is 1. The van der Waals surface area contributed by atoms with Gasteiger partial charge in [-0.1, -0.05) is 6.07 Å². The topological polar surface area (TPSA) is 92.2 Å². The highest BCUT2D eigenvalue weighted by atomic mass is 32.2. The number of nitrogens with one attached hydrogen (secondary N) is 1. The highest BCUT2D eigenvalue weighted by Gasteiger charge is 2.15. The molecule has 0 saturated carbocycles. The van der Waals surface area contributed by atoms with E-state index in [1.54, 1.807) is 18.3 Å². The van der Waals surface area contributed by atoms with Gasteiger partial charge < -0.3 is 5.11 Å². The highest BCUT2D eigenvalue weighted by Crippen LogP contribution is 2.13. The molecule has 0 saturated heterocycles. The Labute approximate surface area is 104 Å². The smallest absolute Gasteiger partial charge is 0.279 e. The van der Waals surface area contributed by atoms with Gasteiger partial charge in [-0.3, -0.25) is 9.71 Å². The van der Waals surface area contributed by atoms with E-state index in [0.29, 0.717) is 11.3 Å². The normalized spacial score (nSPS) is 11.2. The maximum atomic E-state index is 11.9. The molecule has 18 heavy (non-hydrogen) atoms. The minimum Gasteiger partial charge on any atom is -0.392 e. The molecule has 2 heterocycles. The summed E-state index contributed by atoms with van der Waals surface area (Å²) < 4.78 is 26.2. The van der Waals surface area contributed by atoms with Crippen LogP contribution in [-0.2, 0) is 16.6 Å². The summed E-state index contributed by atoms with van der Waals surface area (Å²) in [4.78, 5) is 7.60.